The Morgan fingerprint density at radius 3 is 2.80 bits per heavy atom. The summed E-state index contributed by atoms with van der Waals surface area (Å²) in [6.07, 6.45) is 3.30. The number of amides is 1. The predicted octanol–water partition coefficient (Wildman–Crippen LogP) is 3.56. The Balaban J connectivity index is 1.73. The molecule has 0 bridgehead atoms. The quantitative estimate of drug-likeness (QED) is 0.678. The normalized spacial score (nSPS) is 10.5. The highest BCUT2D eigenvalue weighted by atomic mass is 79.9. The third-order valence-electron chi connectivity index (χ3n) is 3.50. The van der Waals surface area contributed by atoms with E-state index in [2.05, 4.69) is 26.3 Å². The number of carbonyl (C=O) groups excluding carboxylic acids is 1. The second-order valence-electron chi connectivity index (χ2n) is 5.14. The van der Waals surface area contributed by atoms with Crippen molar-refractivity contribution in [3.8, 4) is 11.5 Å². The number of methoxy groups -OCH3 is 2. The van der Waals surface area contributed by atoms with Gasteiger partial charge in [0.2, 0.25) is 0 Å². The van der Waals surface area contributed by atoms with Gasteiger partial charge in [-0.2, -0.15) is 5.10 Å². The molecule has 2 aromatic heterocycles. The van der Waals surface area contributed by atoms with Crippen LogP contribution in [0.25, 0.3) is 0 Å². The van der Waals surface area contributed by atoms with Crippen molar-refractivity contribution in [2.45, 2.75) is 6.54 Å². The smallest absolute Gasteiger partial charge is 0.291 e. The Bertz CT molecular complexity index is 888. The van der Waals surface area contributed by atoms with Crippen molar-refractivity contribution in [1.82, 2.24) is 9.78 Å². The number of para-hydroxylation sites is 1. The molecule has 0 radical (unpaired) electrons. The van der Waals surface area contributed by atoms with Crippen LogP contribution in [0.5, 0.6) is 11.5 Å². The van der Waals surface area contributed by atoms with E-state index in [4.69, 9.17) is 13.9 Å². The monoisotopic (exact) mass is 405 g/mol. The molecular formula is C17H16BrN3O4. The Hall–Kier alpha value is -2.74. The lowest BCUT2D eigenvalue weighted by molar-refractivity contribution is 0.0995. The van der Waals surface area contributed by atoms with E-state index in [1.807, 2.05) is 18.2 Å². The molecule has 0 saturated carbocycles. The zero-order chi connectivity index (χ0) is 17.8. The highest BCUT2D eigenvalue weighted by molar-refractivity contribution is 9.10. The van der Waals surface area contributed by atoms with Crippen LogP contribution >= 0.6 is 15.9 Å². The topological polar surface area (TPSA) is 78.5 Å². The number of hydrogen-bond donors (Lipinski definition) is 1. The summed E-state index contributed by atoms with van der Waals surface area (Å²) in [7, 11) is 3.19. The van der Waals surface area contributed by atoms with E-state index in [9.17, 15) is 4.79 Å². The maximum absolute atomic E-state index is 12.1. The van der Waals surface area contributed by atoms with E-state index in [0.717, 1.165) is 5.56 Å². The average molecular weight is 406 g/mol. The Morgan fingerprint density at radius 2 is 2.12 bits per heavy atom. The van der Waals surface area contributed by atoms with Crippen LogP contribution in [-0.4, -0.2) is 29.9 Å². The molecule has 2 heterocycles. The van der Waals surface area contributed by atoms with Crippen LogP contribution in [0.1, 0.15) is 16.1 Å². The zero-order valence-electron chi connectivity index (χ0n) is 13.7. The summed E-state index contributed by atoms with van der Waals surface area (Å²) < 4.78 is 18.1. The lowest BCUT2D eigenvalue weighted by atomic mass is 10.2. The number of furan rings is 1. The fraction of sp³-hybridized carbons (Fsp3) is 0.176. The minimum Gasteiger partial charge on any atom is -0.493 e. The standard InChI is InChI=1S/C17H16BrN3O4/c1-23-13-5-3-4-11(16(13)24-2)9-21-10-12(8-19-21)20-17(22)14-6-7-15(18)25-14/h3-8,10H,9H2,1-2H3,(H,20,22). The van der Waals surface area contributed by atoms with Crippen LogP contribution in [0.4, 0.5) is 5.69 Å². The van der Waals surface area contributed by atoms with Crippen molar-refractivity contribution in [2.24, 2.45) is 0 Å². The number of ether oxygens (including phenoxy) is 2. The van der Waals surface area contributed by atoms with E-state index < -0.39 is 0 Å². The summed E-state index contributed by atoms with van der Waals surface area (Å²) in [5, 5.41) is 7.00. The van der Waals surface area contributed by atoms with Crippen molar-refractivity contribution in [2.75, 3.05) is 19.5 Å². The molecule has 130 valence electrons. The van der Waals surface area contributed by atoms with Gasteiger partial charge in [0.25, 0.3) is 5.91 Å². The van der Waals surface area contributed by atoms with Crippen LogP contribution in [0.15, 0.2) is 51.8 Å². The maximum Gasteiger partial charge on any atom is 0.291 e. The summed E-state index contributed by atoms with van der Waals surface area (Å²) in [4.78, 5) is 12.1. The molecule has 1 N–H and O–H groups in total. The predicted molar refractivity (Wildman–Crippen MR) is 95.2 cm³/mol. The number of hydrogen-bond acceptors (Lipinski definition) is 5. The average Bonchev–Trinajstić information content (AvgIpc) is 3.23. The van der Waals surface area contributed by atoms with Gasteiger partial charge in [-0.3, -0.25) is 9.48 Å². The first-order valence-electron chi connectivity index (χ1n) is 7.39. The van der Waals surface area contributed by atoms with Crippen LogP contribution < -0.4 is 14.8 Å². The first-order chi connectivity index (χ1) is 12.1. The molecule has 0 saturated heterocycles. The molecule has 0 atom stereocenters. The number of anilines is 1. The van der Waals surface area contributed by atoms with E-state index in [0.29, 0.717) is 28.4 Å². The van der Waals surface area contributed by atoms with Crippen LogP contribution in [0.2, 0.25) is 0 Å². The molecule has 3 rings (SSSR count). The number of nitrogens with zero attached hydrogens (tertiary/aromatic N) is 2. The molecule has 7 nitrogen and oxygen atoms in total. The number of benzene rings is 1. The molecule has 8 heteroatoms. The van der Waals surface area contributed by atoms with Gasteiger partial charge in [-0.1, -0.05) is 12.1 Å². The molecule has 0 fully saturated rings. The van der Waals surface area contributed by atoms with Gasteiger partial charge in [-0.05, 0) is 34.1 Å². The summed E-state index contributed by atoms with van der Waals surface area (Å²) in [5.41, 5.74) is 1.48. The Labute approximate surface area is 152 Å². The SMILES string of the molecule is COc1cccc(Cn2cc(NC(=O)c3ccc(Br)o3)cn2)c1OC. The molecule has 1 amide bonds. The lowest BCUT2D eigenvalue weighted by Crippen LogP contribution is -2.10. The van der Waals surface area contributed by atoms with Crippen LogP contribution in [-0.2, 0) is 6.54 Å². The minimum atomic E-state index is -0.343. The molecule has 1 aromatic carbocycles. The second kappa shape index (κ2) is 7.43. The molecule has 3 aromatic rings. The Morgan fingerprint density at radius 1 is 1.28 bits per heavy atom. The summed E-state index contributed by atoms with van der Waals surface area (Å²) >= 11 is 3.17. The van der Waals surface area contributed by atoms with Crippen molar-refractivity contribution >= 4 is 27.5 Å². The summed E-state index contributed by atoms with van der Waals surface area (Å²) in [5.74, 6) is 1.19. The molecule has 0 aliphatic heterocycles. The van der Waals surface area contributed by atoms with Gasteiger partial charge in [0, 0.05) is 11.8 Å². The van der Waals surface area contributed by atoms with Crippen molar-refractivity contribution in [1.29, 1.82) is 0 Å². The molecule has 0 aliphatic rings. The van der Waals surface area contributed by atoms with Crippen molar-refractivity contribution in [3.63, 3.8) is 0 Å². The largest absolute Gasteiger partial charge is 0.493 e. The van der Waals surface area contributed by atoms with E-state index in [-0.39, 0.29) is 11.7 Å². The summed E-state index contributed by atoms with van der Waals surface area (Å²) in [6.45, 7) is 0.475. The zero-order valence-corrected chi connectivity index (χ0v) is 15.2. The minimum absolute atomic E-state index is 0.217. The maximum atomic E-state index is 12.1. The first-order valence-corrected chi connectivity index (χ1v) is 8.19. The van der Waals surface area contributed by atoms with E-state index in [1.165, 1.54) is 0 Å². The van der Waals surface area contributed by atoms with Gasteiger partial charge in [0.1, 0.15) is 0 Å². The van der Waals surface area contributed by atoms with Crippen molar-refractivity contribution < 1.29 is 18.7 Å². The first kappa shape index (κ1) is 17.1. The van der Waals surface area contributed by atoms with Gasteiger partial charge < -0.3 is 19.2 Å². The number of rotatable bonds is 6. The number of aromatic nitrogens is 2. The summed E-state index contributed by atoms with van der Waals surface area (Å²) in [6, 6.07) is 8.90. The van der Waals surface area contributed by atoms with Crippen LogP contribution in [0, 0.1) is 0 Å². The van der Waals surface area contributed by atoms with Gasteiger partial charge in [0.05, 0.1) is 32.6 Å². The Kier molecular flexibility index (Phi) is 5.08. The highest BCUT2D eigenvalue weighted by Crippen LogP contribution is 2.31. The second-order valence-corrected chi connectivity index (χ2v) is 5.92. The molecule has 0 aliphatic carbocycles. The molecule has 0 spiro atoms. The third-order valence-corrected chi connectivity index (χ3v) is 3.93. The third kappa shape index (κ3) is 3.85. The highest BCUT2D eigenvalue weighted by Gasteiger charge is 2.13. The van der Waals surface area contributed by atoms with Gasteiger partial charge in [-0.15, -0.1) is 0 Å². The number of halogens is 1. The fourth-order valence-electron chi connectivity index (χ4n) is 2.40. The van der Waals surface area contributed by atoms with E-state index >= 15 is 0 Å². The van der Waals surface area contributed by atoms with Gasteiger partial charge in [-0.25, -0.2) is 0 Å². The molecular weight excluding hydrogens is 390 g/mol. The van der Waals surface area contributed by atoms with Crippen LogP contribution in [0.3, 0.4) is 0 Å². The lowest BCUT2D eigenvalue weighted by Gasteiger charge is -2.12. The van der Waals surface area contributed by atoms with Crippen molar-refractivity contribution in [3.05, 3.63) is 58.7 Å². The molecule has 0 unspecified atom stereocenters. The number of nitrogens with one attached hydrogen (secondary N) is 1. The fourth-order valence-corrected chi connectivity index (χ4v) is 2.70. The number of carbonyl (C=O) groups is 1. The van der Waals surface area contributed by atoms with E-state index in [1.54, 1.807) is 43.4 Å². The molecule has 25 heavy (non-hydrogen) atoms. The van der Waals surface area contributed by atoms with Gasteiger partial charge >= 0.3 is 0 Å². The van der Waals surface area contributed by atoms with Gasteiger partial charge in [0.15, 0.2) is 21.9 Å².